The van der Waals surface area contributed by atoms with Crippen LogP contribution < -0.4 is 5.73 Å². The number of nitrogens with two attached hydrogens (primary N) is 1. The average Bonchev–Trinajstić information content (AvgIpc) is 2.74. The highest BCUT2D eigenvalue weighted by Gasteiger charge is 2.28. The maximum Gasteiger partial charge on any atom is 0.211 e. The summed E-state index contributed by atoms with van der Waals surface area (Å²) >= 11 is 0. The van der Waals surface area contributed by atoms with Crippen LogP contribution in [0.1, 0.15) is 23.1 Å². The number of hydrogen-bond acceptors (Lipinski definition) is 3. The van der Waals surface area contributed by atoms with Gasteiger partial charge >= 0.3 is 0 Å². The molecule has 16 heavy (non-hydrogen) atoms. The van der Waals surface area contributed by atoms with Crippen LogP contribution in [0.25, 0.3) is 5.78 Å². The first-order chi connectivity index (χ1) is 7.70. The molecule has 0 spiro atoms. The molecule has 0 saturated carbocycles. The van der Waals surface area contributed by atoms with Gasteiger partial charge in [0.2, 0.25) is 5.78 Å². The van der Waals surface area contributed by atoms with E-state index < -0.39 is 0 Å². The van der Waals surface area contributed by atoms with Crippen LogP contribution in [0.4, 0.5) is 0 Å². The number of nitrogens with zero attached hydrogens (tertiary/aromatic N) is 3. The lowest BCUT2D eigenvalue weighted by Gasteiger charge is -2.31. The van der Waals surface area contributed by atoms with Crippen molar-refractivity contribution in [1.29, 1.82) is 0 Å². The number of aromatic nitrogens is 3. The van der Waals surface area contributed by atoms with Crippen molar-refractivity contribution in [2.75, 3.05) is 20.1 Å². The molecule has 86 valence electrons. The fraction of sp³-hybridized carbons (Fsp3) is 0.545. The highest BCUT2D eigenvalue weighted by atomic mass is 15.2. The summed E-state index contributed by atoms with van der Waals surface area (Å²) < 4.78 is 2.15. The van der Waals surface area contributed by atoms with Gasteiger partial charge in [0.1, 0.15) is 0 Å². The fourth-order valence-corrected chi connectivity index (χ4v) is 2.59. The van der Waals surface area contributed by atoms with Crippen LogP contribution in [-0.4, -0.2) is 39.4 Å². The Bertz CT molecular complexity index is 524. The second kappa shape index (κ2) is 3.33. The minimum Gasteiger partial charge on any atom is -0.329 e. The number of nitrogens with one attached hydrogen (secondary N) is 1. The molecule has 0 radical (unpaired) electrons. The number of imidazole rings is 2. The monoisotopic (exact) mass is 219 g/mol. The van der Waals surface area contributed by atoms with Crippen molar-refractivity contribution in [3.8, 4) is 0 Å². The van der Waals surface area contributed by atoms with Crippen molar-refractivity contribution in [3.05, 3.63) is 23.3 Å². The SMILES string of the molecule is Cc1cn2c3c(nc2[nH]1)CCN(C)C3CN. The topological polar surface area (TPSA) is 62.4 Å². The lowest BCUT2D eigenvalue weighted by atomic mass is 10.0. The second-order valence-corrected chi connectivity index (χ2v) is 4.56. The molecule has 0 saturated heterocycles. The Morgan fingerprint density at radius 2 is 2.44 bits per heavy atom. The molecule has 1 unspecified atom stereocenters. The molecule has 1 aliphatic rings. The van der Waals surface area contributed by atoms with Crippen molar-refractivity contribution in [2.45, 2.75) is 19.4 Å². The van der Waals surface area contributed by atoms with Gasteiger partial charge in [-0.1, -0.05) is 0 Å². The van der Waals surface area contributed by atoms with E-state index in [1.165, 1.54) is 11.4 Å². The van der Waals surface area contributed by atoms with Gasteiger partial charge in [-0.05, 0) is 14.0 Å². The van der Waals surface area contributed by atoms with Gasteiger partial charge in [-0.3, -0.25) is 9.30 Å². The average molecular weight is 219 g/mol. The molecule has 1 aliphatic heterocycles. The summed E-state index contributed by atoms with van der Waals surface area (Å²) in [5.74, 6) is 0.941. The number of hydrogen-bond donors (Lipinski definition) is 2. The zero-order chi connectivity index (χ0) is 11.3. The second-order valence-electron chi connectivity index (χ2n) is 4.56. The Hall–Kier alpha value is -1.33. The lowest BCUT2D eigenvalue weighted by Crippen LogP contribution is -2.37. The van der Waals surface area contributed by atoms with Crippen LogP contribution in [0.5, 0.6) is 0 Å². The van der Waals surface area contributed by atoms with E-state index in [-0.39, 0.29) is 6.04 Å². The van der Waals surface area contributed by atoms with Crippen LogP contribution in [0, 0.1) is 6.92 Å². The molecule has 0 aliphatic carbocycles. The first-order valence-electron chi connectivity index (χ1n) is 5.67. The lowest BCUT2D eigenvalue weighted by molar-refractivity contribution is 0.229. The summed E-state index contributed by atoms with van der Waals surface area (Å²) in [4.78, 5) is 10.2. The highest BCUT2D eigenvalue weighted by Crippen LogP contribution is 2.28. The Kier molecular flexibility index (Phi) is 2.05. The van der Waals surface area contributed by atoms with Gasteiger partial charge in [0.05, 0.1) is 17.4 Å². The predicted octanol–water partition coefficient (Wildman–Crippen LogP) is 0.459. The van der Waals surface area contributed by atoms with Crippen LogP contribution in [-0.2, 0) is 6.42 Å². The number of fused-ring (bicyclic) bond motifs is 3. The third-order valence-electron chi connectivity index (χ3n) is 3.43. The van der Waals surface area contributed by atoms with Crippen molar-refractivity contribution in [3.63, 3.8) is 0 Å². The van der Waals surface area contributed by atoms with Crippen molar-refractivity contribution in [1.82, 2.24) is 19.3 Å². The molecular weight excluding hydrogens is 202 g/mol. The maximum atomic E-state index is 5.87. The standard InChI is InChI=1S/C11H17N5/c1-7-6-16-10-8(14-11(16)13-7)3-4-15(2)9(10)5-12/h6,9H,3-5,12H2,1-2H3,(H,13,14). The van der Waals surface area contributed by atoms with E-state index in [0.717, 1.165) is 24.4 Å². The molecule has 0 aromatic carbocycles. The molecule has 3 heterocycles. The number of rotatable bonds is 1. The maximum absolute atomic E-state index is 5.87. The molecule has 0 amide bonds. The summed E-state index contributed by atoms with van der Waals surface area (Å²) in [5.41, 5.74) is 9.46. The molecular formula is C11H17N5. The predicted molar refractivity (Wildman–Crippen MR) is 62.4 cm³/mol. The van der Waals surface area contributed by atoms with Crippen molar-refractivity contribution < 1.29 is 0 Å². The molecule has 1 atom stereocenters. The minimum atomic E-state index is 0.286. The summed E-state index contributed by atoms with van der Waals surface area (Å²) in [6, 6.07) is 0.286. The van der Waals surface area contributed by atoms with E-state index in [2.05, 4.69) is 32.5 Å². The first kappa shape index (κ1) is 9.86. The Morgan fingerprint density at radius 3 is 3.19 bits per heavy atom. The molecule has 0 fully saturated rings. The third kappa shape index (κ3) is 1.22. The van der Waals surface area contributed by atoms with Crippen LogP contribution in [0.2, 0.25) is 0 Å². The summed E-state index contributed by atoms with van der Waals surface area (Å²) in [6.07, 6.45) is 3.11. The number of H-pyrrole nitrogens is 1. The van der Waals surface area contributed by atoms with E-state index in [1.54, 1.807) is 0 Å². The third-order valence-corrected chi connectivity index (χ3v) is 3.43. The highest BCUT2D eigenvalue weighted by molar-refractivity contribution is 5.40. The zero-order valence-corrected chi connectivity index (χ0v) is 9.70. The van der Waals surface area contributed by atoms with Crippen LogP contribution in [0.15, 0.2) is 6.20 Å². The van der Waals surface area contributed by atoms with Gasteiger partial charge in [-0.25, -0.2) is 4.98 Å². The summed E-state index contributed by atoms with van der Waals surface area (Å²) in [7, 11) is 2.12. The summed E-state index contributed by atoms with van der Waals surface area (Å²) in [6.45, 7) is 3.72. The van der Waals surface area contributed by atoms with E-state index in [0.29, 0.717) is 6.54 Å². The largest absolute Gasteiger partial charge is 0.329 e. The smallest absolute Gasteiger partial charge is 0.211 e. The van der Waals surface area contributed by atoms with Gasteiger partial charge in [-0.2, -0.15) is 0 Å². The summed E-state index contributed by atoms with van der Waals surface area (Å²) in [5, 5.41) is 0. The van der Waals surface area contributed by atoms with E-state index >= 15 is 0 Å². The number of aryl methyl sites for hydroxylation is 1. The van der Waals surface area contributed by atoms with Crippen molar-refractivity contribution >= 4 is 5.78 Å². The Morgan fingerprint density at radius 1 is 1.62 bits per heavy atom. The van der Waals surface area contributed by atoms with E-state index in [1.807, 2.05) is 6.92 Å². The van der Waals surface area contributed by atoms with Crippen LogP contribution >= 0.6 is 0 Å². The first-order valence-corrected chi connectivity index (χ1v) is 5.67. The van der Waals surface area contributed by atoms with Gasteiger partial charge in [0.25, 0.3) is 0 Å². The van der Waals surface area contributed by atoms with Gasteiger partial charge < -0.3 is 10.7 Å². The normalized spacial score (nSPS) is 21.6. The molecule has 3 rings (SSSR count). The molecule has 5 nitrogen and oxygen atoms in total. The Labute approximate surface area is 94.3 Å². The molecule has 3 N–H and O–H groups in total. The van der Waals surface area contributed by atoms with Crippen LogP contribution in [0.3, 0.4) is 0 Å². The zero-order valence-electron chi connectivity index (χ0n) is 9.70. The van der Waals surface area contributed by atoms with Gasteiger partial charge in [-0.15, -0.1) is 0 Å². The molecule has 0 bridgehead atoms. The Balaban J connectivity index is 2.23. The molecule has 5 heteroatoms. The van der Waals surface area contributed by atoms with Gasteiger partial charge in [0, 0.05) is 31.4 Å². The van der Waals surface area contributed by atoms with Gasteiger partial charge in [0.15, 0.2) is 0 Å². The molecule has 2 aromatic heterocycles. The minimum absolute atomic E-state index is 0.286. The van der Waals surface area contributed by atoms with Crippen molar-refractivity contribution in [2.24, 2.45) is 5.73 Å². The van der Waals surface area contributed by atoms with E-state index in [9.17, 15) is 0 Å². The molecule has 2 aromatic rings. The quantitative estimate of drug-likeness (QED) is 0.732. The van der Waals surface area contributed by atoms with E-state index in [4.69, 9.17) is 5.73 Å². The number of likely N-dealkylation sites (N-methyl/N-ethyl adjacent to an activating group) is 1. The fourth-order valence-electron chi connectivity index (χ4n) is 2.59. The number of aromatic amines is 1.